The normalized spacial score (nSPS) is 17.2. The van der Waals surface area contributed by atoms with Crippen molar-refractivity contribution in [2.75, 3.05) is 12.3 Å². The van der Waals surface area contributed by atoms with Gasteiger partial charge in [-0.15, -0.1) is 0 Å². The molecule has 35 heavy (non-hydrogen) atoms. The Kier molecular flexibility index (Phi) is 6.51. The number of likely N-dealkylation sites (tertiary alicyclic amines) is 1. The van der Waals surface area contributed by atoms with Gasteiger partial charge in [0.25, 0.3) is 5.91 Å². The van der Waals surface area contributed by atoms with Gasteiger partial charge >= 0.3 is 0 Å². The Bertz CT molecular complexity index is 1400. The molecule has 1 fully saturated rings. The number of fused-ring (bicyclic) bond motifs is 1. The monoisotopic (exact) mass is 478 g/mol. The Morgan fingerprint density at radius 3 is 2.80 bits per heavy atom. The third-order valence-corrected chi connectivity index (χ3v) is 6.11. The Morgan fingerprint density at radius 1 is 1.34 bits per heavy atom. The molecule has 180 valence electrons. The number of anilines is 1. The topological polar surface area (TPSA) is 106 Å². The molecule has 3 heterocycles. The first-order chi connectivity index (χ1) is 16.8. The van der Waals surface area contributed by atoms with Gasteiger partial charge < -0.3 is 20.5 Å². The standard InChI is InChI=1S/C25H24F2N6O2/c1-4-6-19-21(25(35)29-11-15-7-8-16(26)10-18(15)27)22-23(28)30-13-31-24(22)33(19)17-9-14(3)32(12-17)20(34)5-2/h5,7-8,10,13-14,17H,2,9,11-12H2,1,3H3,(H,29,35)(H2,28,30,31). The Hall–Kier alpha value is -4.26. The van der Waals surface area contributed by atoms with Gasteiger partial charge in [-0.1, -0.05) is 18.6 Å². The average molecular weight is 479 g/mol. The van der Waals surface area contributed by atoms with Crippen LogP contribution >= 0.6 is 0 Å². The molecule has 0 radical (unpaired) electrons. The molecule has 0 aliphatic carbocycles. The number of nitrogen functional groups attached to an aromatic ring is 1. The van der Waals surface area contributed by atoms with Crippen molar-refractivity contribution in [3.05, 3.63) is 65.6 Å². The first-order valence-electron chi connectivity index (χ1n) is 11.0. The van der Waals surface area contributed by atoms with Crippen LogP contribution in [0.15, 0.2) is 37.2 Å². The van der Waals surface area contributed by atoms with E-state index in [4.69, 9.17) is 5.73 Å². The number of nitrogens with one attached hydrogen (secondary N) is 1. The minimum absolute atomic E-state index is 0.0664. The number of nitrogens with two attached hydrogens (primary N) is 1. The molecule has 2 amide bonds. The minimum Gasteiger partial charge on any atom is -0.383 e. The summed E-state index contributed by atoms with van der Waals surface area (Å²) in [4.78, 5) is 35.9. The summed E-state index contributed by atoms with van der Waals surface area (Å²) in [6, 6.07) is 2.85. The summed E-state index contributed by atoms with van der Waals surface area (Å²) in [5, 5.41) is 2.99. The molecule has 0 spiro atoms. The van der Waals surface area contributed by atoms with E-state index in [9.17, 15) is 18.4 Å². The number of aromatic nitrogens is 3. The van der Waals surface area contributed by atoms with Crippen LogP contribution in [0.1, 0.15) is 47.9 Å². The molecule has 8 nitrogen and oxygen atoms in total. The van der Waals surface area contributed by atoms with E-state index in [0.29, 0.717) is 29.7 Å². The molecule has 1 aliphatic heterocycles. The first kappa shape index (κ1) is 23.9. The number of hydrogen-bond donors (Lipinski definition) is 2. The van der Waals surface area contributed by atoms with Crippen LogP contribution in [0.25, 0.3) is 11.0 Å². The van der Waals surface area contributed by atoms with E-state index < -0.39 is 17.5 Å². The molecule has 10 heteroatoms. The molecule has 2 aromatic heterocycles. The van der Waals surface area contributed by atoms with E-state index in [1.165, 1.54) is 18.5 Å². The largest absolute Gasteiger partial charge is 0.383 e. The van der Waals surface area contributed by atoms with Gasteiger partial charge in [0.1, 0.15) is 35.1 Å². The van der Waals surface area contributed by atoms with Crippen molar-refractivity contribution in [3.63, 3.8) is 0 Å². The van der Waals surface area contributed by atoms with E-state index >= 15 is 0 Å². The molecule has 1 aliphatic rings. The predicted octanol–water partition coefficient (Wildman–Crippen LogP) is 2.94. The predicted molar refractivity (Wildman–Crippen MR) is 127 cm³/mol. The van der Waals surface area contributed by atoms with E-state index in [-0.39, 0.29) is 41.5 Å². The molecule has 2 unspecified atom stereocenters. The fourth-order valence-corrected chi connectivity index (χ4v) is 4.52. The highest BCUT2D eigenvalue weighted by atomic mass is 19.1. The van der Waals surface area contributed by atoms with Gasteiger partial charge in [-0.2, -0.15) is 0 Å². The van der Waals surface area contributed by atoms with Crippen LogP contribution < -0.4 is 11.1 Å². The van der Waals surface area contributed by atoms with Crippen LogP contribution in [0.4, 0.5) is 14.6 Å². The van der Waals surface area contributed by atoms with Crippen molar-refractivity contribution in [3.8, 4) is 11.8 Å². The lowest BCUT2D eigenvalue weighted by atomic mass is 10.1. The van der Waals surface area contributed by atoms with Crippen LogP contribution in [0.3, 0.4) is 0 Å². The molecule has 2 atom stereocenters. The summed E-state index contributed by atoms with van der Waals surface area (Å²) in [6.07, 6.45) is 3.18. The molecule has 4 rings (SSSR count). The molecule has 0 bridgehead atoms. The lowest BCUT2D eigenvalue weighted by Gasteiger charge is -2.19. The molecular formula is C25H24F2N6O2. The highest BCUT2D eigenvalue weighted by Gasteiger charge is 2.36. The van der Waals surface area contributed by atoms with E-state index in [2.05, 4.69) is 33.7 Å². The smallest absolute Gasteiger partial charge is 0.255 e. The fraction of sp³-hybridized carbons (Fsp3) is 0.280. The summed E-state index contributed by atoms with van der Waals surface area (Å²) in [7, 11) is 0. The number of carbonyl (C=O) groups is 2. The maximum atomic E-state index is 14.1. The maximum Gasteiger partial charge on any atom is 0.255 e. The quantitative estimate of drug-likeness (QED) is 0.433. The van der Waals surface area contributed by atoms with Gasteiger partial charge in [-0.05, 0) is 38.3 Å². The lowest BCUT2D eigenvalue weighted by Crippen LogP contribution is -2.32. The van der Waals surface area contributed by atoms with Crippen molar-refractivity contribution in [1.29, 1.82) is 0 Å². The van der Waals surface area contributed by atoms with Crippen molar-refractivity contribution in [2.24, 2.45) is 0 Å². The zero-order chi connectivity index (χ0) is 25.3. The Morgan fingerprint density at radius 2 is 2.11 bits per heavy atom. The van der Waals surface area contributed by atoms with Crippen LogP contribution in [-0.4, -0.2) is 43.8 Å². The third-order valence-electron chi connectivity index (χ3n) is 6.11. The molecule has 1 saturated heterocycles. The van der Waals surface area contributed by atoms with E-state index in [0.717, 1.165) is 12.1 Å². The maximum absolute atomic E-state index is 14.1. The van der Waals surface area contributed by atoms with Crippen LogP contribution in [-0.2, 0) is 11.3 Å². The number of carbonyl (C=O) groups excluding carboxylic acids is 2. The van der Waals surface area contributed by atoms with E-state index in [1.54, 1.807) is 11.8 Å². The first-order valence-corrected chi connectivity index (χ1v) is 11.0. The van der Waals surface area contributed by atoms with Crippen LogP contribution in [0, 0.1) is 23.5 Å². The van der Waals surface area contributed by atoms with Crippen LogP contribution in [0.2, 0.25) is 0 Å². The van der Waals surface area contributed by atoms with Gasteiger partial charge in [0.2, 0.25) is 5.91 Å². The highest BCUT2D eigenvalue weighted by Crippen LogP contribution is 2.36. The average Bonchev–Trinajstić information content (AvgIpc) is 3.36. The van der Waals surface area contributed by atoms with Crippen LogP contribution in [0.5, 0.6) is 0 Å². The second-order valence-corrected chi connectivity index (χ2v) is 8.28. The summed E-state index contributed by atoms with van der Waals surface area (Å²) in [5.74, 6) is 3.70. The SMILES string of the molecule is C=CC(=O)N1CC(n2c(C#CC)c(C(=O)NCc3ccc(F)cc3F)c3c(N)ncnc32)CC1C. The van der Waals surface area contributed by atoms with E-state index in [1.807, 2.05) is 11.5 Å². The summed E-state index contributed by atoms with van der Waals surface area (Å²) in [5.41, 5.74) is 7.25. The molecule has 1 aromatic carbocycles. The minimum atomic E-state index is -0.768. The molecule has 3 aromatic rings. The number of benzene rings is 1. The molecular weight excluding hydrogens is 454 g/mol. The van der Waals surface area contributed by atoms with Crippen molar-refractivity contribution in [1.82, 2.24) is 24.8 Å². The number of nitrogens with zero attached hydrogens (tertiary/aromatic N) is 4. The number of hydrogen-bond acceptors (Lipinski definition) is 5. The zero-order valence-corrected chi connectivity index (χ0v) is 19.3. The van der Waals surface area contributed by atoms with Gasteiger partial charge in [-0.25, -0.2) is 18.7 Å². The summed E-state index contributed by atoms with van der Waals surface area (Å²) >= 11 is 0. The second kappa shape index (κ2) is 9.54. The second-order valence-electron chi connectivity index (χ2n) is 8.28. The zero-order valence-electron chi connectivity index (χ0n) is 19.3. The van der Waals surface area contributed by atoms with Gasteiger partial charge in [0, 0.05) is 30.8 Å². The number of amides is 2. The summed E-state index contributed by atoms with van der Waals surface area (Å²) in [6.45, 7) is 7.35. The fourth-order valence-electron chi connectivity index (χ4n) is 4.52. The van der Waals surface area contributed by atoms with Crippen molar-refractivity contribution in [2.45, 2.75) is 38.9 Å². The summed E-state index contributed by atoms with van der Waals surface area (Å²) < 4.78 is 29.2. The number of rotatable bonds is 5. The molecule has 3 N–H and O–H groups in total. The van der Waals surface area contributed by atoms with Gasteiger partial charge in [-0.3, -0.25) is 9.59 Å². The third kappa shape index (κ3) is 4.33. The van der Waals surface area contributed by atoms with Crippen molar-refractivity contribution < 1.29 is 18.4 Å². The van der Waals surface area contributed by atoms with Crippen molar-refractivity contribution >= 4 is 28.7 Å². The lowest BCUT2D eigenvalue weighted by molar-refractivity contribution is -0.126. The molecule has 0 saturated carbocycles. The Balaban J connectivity index is 1.79. The Labute approximate surface area is 200 Å². The number of halogens is 2. The highest BCUT2D eigenvalue weighted by molar-refractivity contribution is 6.11. The van der Waals surface area contributed by atoms with Gasteiger partial charge in [0.05, 0.1) is 17.0 Å². The van der Waals surface area contributed by atoms with Gasteiger partial charge in [0.15, 0.2) is 0 Å².